The summed E-state index contributed by atoms with van der Waals surface area (Å²) >= 11 is 0. The molecule has 0 aliphatic heterocycles. The molecule has 0 aliphatic rings. The van der Waals surface area contributed by atoms with E-state index in [1.807, 2.05) is 0 Å². The Morgan fingerprint density at radius 3 is 2.60 bits per heavy atom. The third-order valence-corrected chi connectivity index (χ3v) is 1.95. The van der Waals surface area contributed by atoms with Crippen LogP contribution < -0.4 is 0 Å². The van der Waals surface area contributed by atoms with E-state index in [4.69, 9.17) is 0 Å². The first-order chi connectivity index (χ1) is 7.19. The Morgan fingerprint density at radius 1 is 1.40 bits per heavy atom. The third kappa shape index (κ3) is 2.80. The molecule has 0 fully saturated rings. The smallest absolute Gasteiger partial charge is 0.329 e. The second-order valence-electron chi connectivity index (χ2n) is 2.83. The molecule has 0 bridgehead atoms. The van der Waals surface area contributed by atoms with Crippen molar-refractivity contribution in [3.63, 3.8) is 0 Å². The Labute approximate surface area is 86.8 Å². The van der Waals surface area contributed by atoms with Gasteiger partial charge in [0.25, 0.3) is 0 Å². The van der Waals surface area contributed by atoms with Crippen LogP contribution in [0.5, 0.6) is 0 Å². The lowest BCUT2D eigenvalue weighted by molar-refractivity contribution is -0.151. The van der Waals surface area contributed by atoms with Crippen LogP contribution in [0.2, 0.25) is 0 Å². The maximum Gasteiger partial charge on any atom is 0.329 e. The number of rotatable bonds is 4. The first kappa shape index (κ1) is 11.2. The van der Waals surface area contributed by atoms with Crippen molar-refractivity contribution in [2.24, 2.45) is 0 Å². The SMILES string of the molecule is COC(=O)C[C@@H](C(=O)OC)n1ccnc1. The van der Waals surface area contributed by atoms with E-state index >= 15 is 0 Å². The highest BCUT2D eigenvalue weighted by Crippen LogP contribution is 2.13. The Hall–Kier alpha value is -1.85. The van der Waals surface area contributed by atoms with Gasteiger partial charge in [-0.25, -0.2) is 9.78 Å². The van der Waals surface area contributed by atoms with Gasteiger partial charge in [0.15, 0.2) is 0 Å². The van der Waals surface area contributed by atoms with Crippen LogP contribution in [0, 0.1) is 0 Å². The molecule has 0 N–H and O–H groups in total. The van der Waals surface area contributed by atoms with Crippen molar-refractivity contribution >= 4 is 11.9 Å². The van der Waals surface area contributed by atoms with E-state index in [0.717, 1.165) is 0 Å². The quantitative estimate of drug-likeness (QED) is 0.665. The number of ether oxygens (including phenoxy) is 2. The van der Waals surface area contributed by atoms with E-state index < -0.39 is 18.0 Å². The lowest BCUT2D eigenvalue weighted by Gasteiger charge is -2.14. The van der Waals surface area contributed by atoms with Gasteiger partial charge in [0.05, 0.1) is 27.0 Å². The van der Waals surface area contributed by atoms with Gasteiger partial charge in [-0.15, -0.1) is 0 Å². The molecule has 0 saturated carbocycles. The molecule has 0 amide bonds. The average molecular weight is 212 g/mol. The van der Waals surface area contributed by atoms with Crippen LogP contribution in [0.4, 0.5) is 0 Å². The Balaban J connectivity index is 2.79. The van der Waals surface area contributed by atoms with Crippen LogP contribution in [-0.4, -0.2) is 35.7 Å². The van der Waals surface area contributed by atoms with Crippen LogP contribution >= 0.6 is 0 Å². The van der Waals surface area contributed by atoms with Gasteiger partial charge < -0.3 is 14.0 Å². The Morgan fingerprint density at radius 2 is 2.13 bits per heavy atom. The van der Waals surface area contributed by atoms with Crippen molar-refractivity contribution in [1.82, 2.24) is 9.55 Å². The summed E-state index contributed by atoms with van der Waals surface area (Å²) in [5.41, 5.74) is 0. The Bertz CT molecular complexity index is 334. The van der Waals surface area contributed by atoms with Crippen LogP contribution in [-0.2, 0) is 19.1 Å². The molecule has 1 rings (SSSR count). The zero-order valence-corrected chi connectivity index (χ0v) is 8.54. The predicted octanol–water partition coefficient (Wildman–Crippen LogP) is 0.160. The minimum absolute atomic E-state index is 0.0699. The molecule has 1 atom stereocenters. The highest BCUT2D eigenvalue weighted by Gasteiger charge is 2.24. The molecule has 0 radical (unpaired) electrons. The standard InChI is InChI=1S/C9H12N2O4/c1-14-8(12)5-7(9(13)15-2)11-4-3-10-6-11/h3-4,6-7H,5H2,1-2H3/t7-/m0/s1. The summed E-state index contributed by atoms with van der Waals surface area (Å²) in [6, 6.07) is -0.718. The molecule has 0 saturated heterocycles. The van der Waals surface area contributed by atoms with Gasteiger partial charge in [-0.2, -0.15) is 0 Å². The number of aromatic nitrogens is 2. The fourth-order valence-corrected chi connectivity index (χ4v) is 1.14. The second-order valence-corrected chi connectivity index (χ2v) is 2.83. The molecule has 6 heteroatoms. The Kier molecular flexibility index (Phi) is 3.84. The lowest BCUT2D eigenvalue weighted by atomic mass is 10.2. The number of hydrogen-bond acceptors (Lipinski definition) is 5. The van der Waals surface area contributed by atoms with Gasteiger partial charge in [-0.1, -0.05) is 0 Å². The van der Waals surface area contributed by atoms with Gasteiger partial charge in [0.1, 0.15) is 6.04 Å². The summed E-state index contributed by atoms with van der Waals surface area (Å²) in [6.45, 7) is 0. The lowest BCUT2D eigenvalue weighted by Crippen LogP contribution is -2.23. The zero-order chi connectivity index (χ0) is 11.3. The number of nitrogens with zero attached hydrogens (tertiary/aromatic N) is 2. The van der Waals surface area contributed by atoms with Crippen molar-refractivity contribution in [2.45, 2.75) is 12.5 Å². The van der Waals surface area contributed by atoms with Gasteiger partial charge in [0, 0.05) is 12.4 Å². The number of esters is 2. The zero-order valence-electron chi connectivity index (χ0n) is 8.54. The molecule has 6 nitrogen and oxygen atoms in total. The molecule has 0 aliphatic carbocycles. The van der Waals surface area contributed by atoms with E-state index in [0.29, 0.717) is 0 Å². The van der Waals surface area contributed by atoms with E-state index in [2.05, 4.69) is 14.5 Å². The van der Waals surface area contributed by atoms with Crippen LogP contribution in [0.1, 0.15) is 12.5 Å². The number of carbonyl (C=O) groups is 2. The van der Waals surface area contributed by atoms with Crippen LogP contribution in [0.3, 0.4) is 0 Å². The molecule has 0 aromatic carbocycles. The summed E-state index contributed by atoms with van der Waals surface area (Å²) in [6.07, 6.45) is 4.49. The number of methoxy groups -OCH3 is 2. The fraction of sp³-hybridized carbons (Fsp3) is 0.444. The van der Waals surface area contributed by atoms with Gasteiger partial charge in [-0.05, 0) is 0 Å². The van der Waals surface area contributed by atoms with E-state index in [1.54, 1.807) is 6.20 Å². The number of carbonyl (C=O) groups excluding carboxylic acids is 2. The number of imidazole rings is 1. The van der Waals surface area contributed by atoms with E-state index in [9.17, 15) is 9.59 Å². The van der Waals surface area contributed by atoms with Crippen molar-refractivity contribution < 1.29 is 19.1 Å². The molecule has 15 heavy (non-hydrogen) atoms. The highest BCUT2D eigenvalue weighted by atomic mass is 16.5. The van der Waals surface area contributed by atoms with Crippen molar-refractivity contribution in [3.8, 4) is 0 Å². The predicted molar refractivity (Wildman–Crippen MR) is 49.9 cm³/mol. The van der Waals surface area contributed by atoms with Gasteiger partial charge in [-0.3, -0.25) is 4.79 Å². The molecule has 1 heterocycles. The number of hydrogen-bond donors (Lipinski definition) is 0. The maximum atomic E-state index is 11.4. The van der Waals surface area contributed by atoms with Gasteiger partial charge >= 0.3 is 11.9 Å². The first-order valence-corrected chi connectivity index (χ1v) is 4.31. The summed E-state index contributed by atoms with van der Waals surface area (Å²) in [7, 11) is 2.54. The van der Waals surface area contributed by atoms with E-state index in [1.165, 1.54) is 31.3 Å². The summed E-state index contributed by atoms with van der Waals surface area (Å²) in [5, 5.41) is 0. The van der Waals surface area contributed by atoms with E-state index in [-0.39, 0.29) is 6.42 Å². The maximum absolute atomic E-state index is 11.4. The summed E-state index contributed by atoms with van der Waals surface area (Å²) in [5.74, 6) is -0.975. The molecule has 1 aromatic rings. The molecule has 82 valence electrons. The largest absolute Gasteiger partial charge is 0.469 e. The van der Waals surface area contributed by atoms with Crippen LogP contribution in [0.15, 0.2) is 18.7 Å². The third-order valence-electron chi connectivity index (χ3n) is 1.95. The second kappa shape index (κ2) is 5.14. The summed E-state index contributed by atoms with van der Waals surface area (Å²) in [4.78, 5) is 26.3. The minimum atomic E-state index is -0.718. The molecular formula is C9H12N2O4. The minimum Gasteiger partial charge on any atom is -0.469 e. The first-order valence-electron chi connectivity index (χ1n) is 4.31. The average Bonchev–Trinajstić information content (AvgIpc) is 2.77. The van der Waals surface area contributed by atoms with Crippen molar-refractivity contribution in [2.75, 3.05) is 14.2 Å². The summed E-state index contributed by atoms with van der Waals surface area (Å²) < 4.78 is 10.6. The monoisotopic (exact) mass is 212 g/mol. The van der Waals surface area contributed by atoms with Gasteiger partial charge in [0.2, 0.25) is 0 Å². The van der Waals surface area contributed by atoms with Crippen molar-refractivity contribution in [3.05, 3.63) is 18.7 Å². The molecule has 0 unspecified atom stereocenters. The molecule has 1 aromatic heterocycles. The fourth-order valence-electron chi connectivity index (χ4n) is 1.14. The normalized spacial score (nSPS) is 11.9. The molecule has 0 spiro atoms. The molecular weight excluding hydrogens is 200 g/mol. The topological polar surface area (TPSA) is 70.4 Å². The van der Waals surface area contributed by atoms with Crippen molar-refractivity contribution in [1.29, 1.82) is 0 Å². The highest BCUT2D eigenvalue weighted by molar-refractivity contribution is 5.81. The van der Waals surface area contributed by atoms with Crippen LogP contribution in [0.25, 0.3) is 0 Å².